The fraction of sp³-hybridized carbons (Fsp3) is 0.667. The van der Waals surface area contributed by atoms with E-state index in [0.717, 1.165) is 32.4 Å². The first-order chi connectivity index (χ1) is 5.34. The summed E-state index contributed by atoms with van der Waals surface area (Å²) in [4.78, 5) is 11.2. The van der Waals surface area contributed by atoms with Crippen LogP contribution in [0, 0.1) is 5.92 Å². The largest absolute Gasteiger partial charge is 0.315 e. The van der Waals surface area contributed by atoms with E-state index in [-0.39, 0.29) is 0 Å². The Morgan fingerprint density at radius 2 is 2.36 bits per heavy atom. The van der Waals surface area contributed by atoms with Crippen molar-refractivity contribution in [1.82, 2.24) is 5.32 Å². The van der Waals surface area contributed by atoms with E-state index in [1.54, 1.807) is 0 Å². The van der Waals surface area contributed by atoms with E-state index in [2.05, 4.69) is 11.9 Å². The SMILES string of the molecule is C=CCCCC(=O)C1CNC1. The molecule has 0 aromatic heterocycles. The van der Waals surface area contributed by atoms with Gasteiger partial charge in [-0.1, -0.05) is 6.08 Å². The average molecular weight is 153 g/mol. The molecule has 62 valence electrons. The third-order valence-electron chi connectivity index (χ3n) is 2.07. The Balaban J connectivity index is 2.05. The van der Waals surface area contributed by atoms with Gasteiger partial charge in [-0.3, -0.25) is 4.79 Å². The summed E-state index contributed by atoms with van der Waals surface area (Å²) >= 11 is 0. The molecule has 0 aliphatic carbocycles. The number of allylic oxidation sites excluding steroid dienone is 1. The molecule has 0 bridgehead atoms. The fourth-order valence-electron chi connectivity index (χ4n) is 1.14. The van der Waals surface area contributed by atoms with Gasteiger partial charge in [0.25, 0.3) is 0 Å². The van der Waals surface area contributed by atoms with Crippen LogP contribution in [0.15, 0.2) is 12.7 Å². The molecule has 0 saturated carbocycles. The minimum absolute atomic E-state index is 0.319. The maximum Gasteiger partial charge on any atom is 0.138 e. The molecule has 0 unspecified atom stereocenters. The van der Waals surface area contributed by atoms with Gasteiger partial charge in [-0.2, -0.15) is 0 Å². The van der Waals surface area contributed by atoms with Gasteiger partial charge >= 0.3 is 0 Å². The highest BCUT2D eigenvalue weighted by atomic mass is 16.1. The topological polar surface area (TPSA) is 29.1 Å². The van der Waals surface area contributed by atoms with Crippen LogP contribution in [0.3, 0.4) is 0 Å². The van der Waals surface area contributed by atoms with Gasteiger partial charge in [0.15, 0.2) is 0 Å². The molecule has 0 radical (unpaired) electrons. The number of unbranched alkanes of at least 4 members (excludes halogenated alkanes) is 1. The molecule has 1 saturated heterocycles. The summed E-state index contributed by atoms with van der Waals surface area (Å²) in [5.41, 5.74) is 0. The van der Waals surface area contributed by atoms with Gasteiger partial charge in [0.1, 0.15) is 5.78 Å². The van der Waals surface area contributed by atoms with E-state index in [0.29, 0.717) is 11.7 Å². The zero-order valence-corrected chi connectivity index (χ0v) is 6.81. The third-order valence-corrected chi connectivity index (χ3v) is 2.07. The Morgan fingerprint density at radius 1 is 1.64 bits per heavy atom. The molecule has 2 nitrogen and oxygen atoms in total. The molecule has 2 heteroatoms. The van der Waals surface area contributed by atoms with E-state index < -0.39 is 0 Å². The lowest BCUT2D eigenvalue weighted by Gasteiger charge is -2.25. The molecule has 1 rings (SSSR count). The summed E-state index contributed by atoms with van der Waals surface area (Å²) in [6.45, 7) is 5.40. The summed E-state index contributed by atoms with van der Waals surface area (Å²) in [5.74, 6) is 0.741. The number of rotatable bonds is 5. The van der Waals surface area contributed by atoms with Gasteiger partial charge in [-0.25, -0.2) is 0 Å². The number of nitrogens with one attached hydrogen (secondary N) is 1. The number of ketones is 1. The zero-order valence-electron chi connectivity index (χ0n) is 6.81. The number of Topliss-reactive ketones (excluding diaryl/α,β-unsaturated/α-hetero) is 1. The number of hydrogen-bond donors (Lipinski definition) is 1. The second-order valence-electron chi connectivity index (χ2n) is 3.00. The second-order valence-corrected chi connectivity index (χ2v) is 3.00. The van der Waals surface area contributed by atoms with Gasteiger partial charge in [0, 0.05) is 25.4 Å². The maximum absolute atomic E-state index is 11.2. The predicted molar refractivity (Wildman–Crippen MR) is 45.4 cm³/mol. The molecular formula is C9H15NO. The minimum Gasteiger partial charge on any atom is -0.315 e. The quantitative estimate of drug-likeness (QED) is 0.474. The summed E-state index contributed by atoms with van der Waals surface area (Å²) in [6.07, 6.45) is 4.54. The normalized spacial score (nSPS) is 17.5. The Kier molecular flexibility index (Phi) is 3.30. The smallest absolute Gasteiger partial charge is 0.138 e. The molecule has 11 heavy (non-hydrogen) atoms. The highest BCUT2D eigenvalue weighted by molar-refractivity contribution is 5.82. The molecule has 1 N–H and O–H groups in total. The summed E-state index contributed by atoms with van der Waals surface area (Å²) in [6, 6.07) is 0. The second kappa shape index (κ2) is 4.29. The van der Waals surface area contributed by atoms with Crippen LogP contribution in [-0.2, 0) is 4.79 Å². The molecule has 0 aromatic rings. The Labute approximate surface area is 67.7 Å². The van der Waals surface area contributed by atoms with Gasteiger partial charge in [-0.05, 0) is 12.8 Å². The van der Waals surface area contributed by atoms with E-state index >= 15 is 0 Å². The number of carbonyl (C=O) groups is 1. The lowest BCUT2D eigenvalue weighted by Crippen LogP contribution is -2.46. The van der Waals surface area contributed by atoms with E-state index in [1.807, 2.05) is 6.08 Å². The molecule has 1 aliphatic heterocycles. The van der Waals surface area contributed by atoms with Crippen LogP contribution in [0.5, 0.6) is 0 Å². The lowest BCUT2D eigenvalue weighted by molar-refractivity contribution is -0.124. The summed E-state index contributed by atoms with van der Waals surface area (Å²) < 4.78 is 0. The van der Waals surface area contributed by atoms with Gasteiger partial charge in [0.2, 0.25) is 0 Å². The van der Waals surface area contributed by atoms with Crippen molar-refractivity contribution in [1.29, 1.82) is 0 Å². The van der Waals surface area contributed by atoms with Crippen LogP contribution in [0.25, 0.3) is 0 Å². The predicted octanol–water partition coefficient (Wildman–Crippen LogP) is 1.13. The average Bonchev–Trinajstić information content (AvgIpc) is 1.84. The van der Waals surface area contributed by atoms with Crippen LogP contribution in [0.4, 0.5) is 0 Å². The van der Waals surface area contributed by atoms with E-state index in [9.17, 15) is 4.79 Å². The van der Waals surface area contributed by atoms with Gasteiger partial charge in [0.05, 0.1) is 0 Å². The summed E-state index contributed by atoms with van der Waals surface area (Å²) in [7, 11) is 0. The van der Waals surface area contributed by atoms with Crippen LogP contribution >= 0.6 is 0 Å². The van der Waals surface area contributed by atoms with Gasteiger partial charge < -0.3 is 5.32 Å². The molecule has 0 spiro atoms. The van der Waals surface area contributed by atoms with Crippen molar-refractivity contribution in [2.45, 2.75) is 19.3 Å². The van der Waals surface area contributed by atoms with Crippen molar-refractivity contribution in [2.75, 3.05) is 13.1 Å². The molecule has 1 aliphatic rings. The number of hydrogen-bond acceptors (Lipinski definition) is 2. The van der Waals surface area contributed by atoms with Crippen molar-refractivity contribution < 1.29 is 4.79 Å². The third kappa shape index (κ3) is 2.46. The van der Waals surface area contributed by atoms with Crippen LogP contribution in [0.2, 0.25) is 0 Å². The molecule has 0 atom stereocenters. The van der Waals surface area contributed by atoms with Crippen molar-refractivity contribution in [3.63, 3.8) is 0 Å². The summed E-state index contributed by atoms with van der Waals surface area (Å²) in [5, 5.41) is 3.09. The first-order valence-electron chi connectivity index (χ1n) is 4.19. The van der Waals surface area contributed by atoms with Crippen LogP contribution in [0.1, 0.15) is 19.3 Å². The zero-order chi connectivity index (χ0) is 8.10. The van der Waals surface area contributed by atoms with Crippen LogP contribution < -0.4 is 5.32 Å². The minimum atomic E-state index is 0.319. The molecule has 0 aromatic carbocycles. The first-order valence-corrected chi connectivity index (χ1v) is 4.19. The van der Waals surface area contributed by atoms with Crippen molar-refractivity contribution >= 4 is 5.78 Å². The fourth-order valence-corrected chi connectivity index (χ4v) is 1.14. The number of carbonyl (C=O) groups excluding carboxylic acids is 1. The standard InChI is InChI=1S/C9H15NO/c1-2-3-4-5-9(11)8-6-10-7-8/h2,8,10H,1,3-7H2. The van der Waals surface area contributed by atoms with E-state index in [4.69, 9.17) is 0 Å². The molecular weight excluding hydrogens is 138 g/mol. The monoisotopic (exact) mass is 153 g/mol. The van der Waals surface area contributed by atoms with Crippen LogP contribution in [-0.4, -0.2) is 18.9 Å². The Bertz CT molecular complexity index is 150. The first kappa shape index (κ1) is 8.47. The highest BCUT2D eigenvalue weighted by Crippen LogP contribution is 2.09. The van der Waals surface area contributed by atoms with Crippen molar-refractivity contribution in [3.8, 4) is 0 Å². The lowest BCUT2D eigenvalue weighted by atomic mass is 9.94. The maximum atomic E-state index is 11.2. The van der Waals surface area contributed by atoms with Crippen molar-refractivity contribution in [2.24, 2.45) is 5.92 Å². The Morgan fingerprint density at radius 3 is 2.82 bits per heavy atom. The van der Waals surface area contributed by atoms with E-state index in [1.165, 1.54) is 0 Å². The molecule has 0 amide bonds. The van der Waals surface area contributed by atoms with Crippen molar-refractivity contribution in [3.05, 3.63) is 12.7 Å². The van der Waals surface area contributed by atoms with Gasteiger partial charge in [-0.15, -0.1) is 6.58 Å². The Hall–Kier alpha value is -0.630. The highest BCUT2D eigenvalue weighted by Gasteiger charge is 2.23. The molecule has 1 fully saturated rings. The molecule has 1 heterocycles.